The monoisotopic (exact) mass is 435 g/mol. The number of thioether (sulfide) groups is 1. The average molecular weight is 436 g/mol. The number of amides is 3. The molecule has 0 bridgehead atoms. The van der Waals surface area contributed by atoms with E-state index in [4.69, 9.17) is 4.74 Å². The summed E-state index contributed by atoms with van der Waals surface area (Å²) in [4.78, 5) is 41.6. The van der Waals surface area contributed by atoms with Crippen molar-refractivity contribution in [2.75, 3.05) is 20.2 Å². The van der Waals surface area contributed by atoms with Crippen molar-refractivity contribution in [3.05, 3.63) is 70.8 Å². The van der Waals surface area contributed by atoms with Crippen LogP contribution in [-0.2, 0) is 16.0 Å². The molecule has 4 rings (SSSR count). The first kappa shape index (κ1) is 20.7. The van der Waals surface area contributed by atoms with Crippen LogP contribution in [0.3, 0.4) is 0 Å². The van der Waals surface area contributed by atoms with Crippen molar-refractivity contribution < 1.29 is 19.1 Å². The van der Waals surface area contributed by atoms with Gasteiger partial charge in [0.25, 0.3) is 11.1 Å². The molecule has 2 heterocycles. The lowest BCUT2D eigenvalue weighted by molar-refractivity contribution is -0.129. The van der Waals surface area contributed by atoms with Crippen molar-refractivity contribution in [3.63, 3.8) is 0 Å². The second-order valence-corrected chi connectivity index (χ2v) is 8.00. The van der Waals surface area contributed by atoms with E-state index in [1.54, 1.807) is 13.2 Å². The maximum atomic E-state index is 12.5. The number of nitrogens with zero attached hydrogens (tertiary/aromatic N) is 1. The van der Waals surface area contributed by atoms with Crippen LogP contribution in [-0.4, -0.2) is 47.1 Å². The molecule has 158 valence electrons. The van der Waals surface area contributed by atoms with Crippen LogP contribution in [0.25, 0.3) is 17.0 Å². The third-order valence-corrected chi connectivity index (χ3v) is 5.87. The third kappa shape index (κ3) is 4.64. The molecule has 8 heteroatoms. The number of H-pyrrole nitrogens is 1. The molecule has 2 N–H and O–H groups in total. The minimum Gasteiger partial charge on any atom is -0.497 e. The molecule has 3 amide bonds. The minimum atomic E-state index is -0.447. The van der Waals surface area contributed by atoms with Gasteiger partial charge in [0, 0.05) is 23.6 Å². The Morgan fingerprint density at radius 2 is 2.00 bits per heavy atom. The number of imide groups is 1. The average Bonchev–Trinajstić information content (AvgIpc) is 3.30. The van der Waals surface area contributed by atoms with Crippen molar-refractivity contribution in [1.29, 1.82) is 0 Å². The minimum absolute atomic E-state index is 0.293. The number of carbonyl (C=O) groups excluding carboxylic acids is 3. The van der Waals surface area contributed by atoms with E-state index in [9.17, 15) is 14.4 Å². The molecule has 1 saturated heterocycles. The summed E-state index contributed by atoms with van der Waals surface area (Å²) < 4.78 is 5.27. The van der Waals surface area contributed by atoms with Gasteiger partial charge in [-0.25, -0.2) is 0 Å². The lowest BCUT2D eigenvalue weighted by Gasteiger charge is -2.12. The van der Waals surface area contributed by atoms with Gasteiger partial charge < -0.3 is 15.0 Å². The van der Waals surface area contributed by atoms with Crippen LogP contribution in [0.2, 0.25) is 0 Å². The largest absolute Gasteiger partial charge is 0.497 e. The fraction of sp³-hybridized carbons (Fsp3) is 0.174. The number of benzene rings is 2. The maximum absolute atomic E-state index is 12.5. The van der Waals surface area contributed by atoms with Crippen LogP contribution in [0.1, 0.15) is 11.1 Å². The number of methoxy groups -OCH3 is 1. The fourth-order valence-corrected chi connectivity index (χ4v) is 4.20. The third-order valence-electron chi connectivity index (χ3n) is 4.96. The summed E-state index contributed by atoms with van der Waals surface area (Å²) in [5.41, 5.74) is 2.86. The summed E-state index contributed by atoms with van der Waals surface area (Å²) in [6.07, 6.45) is 4.17. The number of aromatic amines is 1. The van der Waals surface area contributed by atoms with Gasteiger partial charge >= 0.3 is 0 Å². The normalized spacial score (nSPS) is 15.1. The Kier molecular flexibility index (Phi) is 6.08. The highest BCUT2D eigenvalue weighted by Gasteiger charge is 2.36. The first-order valence-electron chi connectivity index (χ1n) is 9.76. The van der Waals surface area contributed by atoms with Crippen molar-refractivity contribution in [2.45, 2.75) is 6.42 Å². The van der Waals surface area contributed by atoms with Crippen molar-refractivity contribution in [2.24, 2.45) is 0 Å². The molecule has 1 aliphatic heterocycles. The Balaban J connectivity index is 1.33. The summed E-state index contributed by atoms with van der Waals surface area (Å²) >= 11 is 0.848. The van der Waals surface area contributed by atoms with Gasteiger partial charge in [-0.3, -0.25) is 19.3 Å². The van der Waals surface area contributed by atoms with Crippen LogP contribution in [0.4, 0.5) is 4.79 Å². The Morgan fingerprint density at radius 3 is 2.77 bits per heavy atom. The predicted molar refractivity (Wildman–Crippen MR) is 121 cm³/mol. The molecule has 0 unspecified atom stereocenters. The van der Waals surface area contributed by atoms with Gasteiger partial charge in [-0.2, -0.15) is 0 Å². The zero-order chi connectivity index (χ0) is 21.8. The van der Waals surface area contributed by atoms with Gasteiger partial charge in [0.1, 0.15) is 12.3 Å². The molecule has 7 nitrogen and oxygen atoms in total. The summed E-state index contributed by atoms with van der Waals surface area (Å²) in [5, 5.41) is 3.38. The summed E-state index contributed by atoms with van der Waals surface area (Å²) in [7, 11) is 1.62. The predicted octanol–water partition coefficient (Wildman–Crippen LogP) is 3.57. The molecule has 0 saturated carbocycles. The lowest BCUT2D eigenvalue weighted by Crippen LogP contribution is -2.40. The van der Waals surface area contributed by atoms with E-state index in [1.165, 1.54) is 0 Å². The molecular formula is C23H21N3O4S. The molecule has 1 aromatic heterocycles. The van der Waals surface area contributed by atoms with Gasteiger partial charge in [-0.05, 0) is 53.6 Å². The number of rotatable bonds is 7. The van der Waals surface area contributed by atoms with Gasteiger partial charge in [-0.15, -0.1) is 0 Å². The second kappa shape index (κ2) is 9.09. The van der Waals surface area contributed by atoms with Crippen LogP contribution in [0.15, 0.2) is 59.6 Å². The van der Waals surface area contributed by atoms with E-state index < -0.39 is 11.1 Å². The van der Waals surface area contributed by atoms with E-state index >= 15 is 0 Å². The maximum Gasteiger partial charge on any atom is 0.294 e. The SMILES string of the molecule is COc1ccc2[nH]cc(CCNC(=O)CN3C(=O)S/C(=C\c4ccccc4)C3=O)c2c1. The molecule has 31 heavy (non-hydrogen) atoms. The molecule has 2 aromatic carbocycles. The molecule has 3 aromatic rings. The van der Waals surface area contributed by atoms with Gasteiger partial charge in [-0.1, -0.05) is 30.3 Å². The number of fused-ring (bicyclic) bond motifs is 1. The standard InChI is InChI=1S/C23H21N3O4S/c1-30-17-7-8-19-18(12-17)16(13-25-19)9-10-24-21(27)14-26-22(28)20(31-23(26)29)11-15-5-3-2-4-6-15/h2-8,11-13,25H,9-10,14H2,1H3,(H,24,27)/b20-11-. The van der Waals surface area contributed by atoms with E-state index in [0.29, 0.717) is 17.9 Å². The number of ether oxygens (including phenoxy) is 1. The van der Waals surface area contributed by atoms with Crippen molar-refractivity contribution in [1.82, 2.24) is 15.2 Å². The van der Waals surface area contributed by atoms with Crippen LogP contribution in [0, 0.1) is 0 Å². The number of hydrogen-bond donors (Lipinski definition) is 2. The van der Waals surface area contributed by atoms with Gasteiger partial charge in [0.15, 0.2) is 0 Å². The van der Waals surface area contributed by atoms with E-state index in [-0.39, 0.29) is 12.5 Å². The molecule has 1 aliphatic rings. The molecular weight excluding hydrogens is 414 g/mol. The Bertz CT molecular complexity index is 1170. The van der Waals surface area contributed by atoms with Crippen LogP contribution < -0.4 is 10.1 Å². The van der Waals surface area contributed by atoms with E-state index in [2.05, 4.69) is 10.3 Å². The quantitative estimate of drug-likeness (QED) is 0.554. The number of aromatic nitrogens is 1. The smallest absolute Gasteiger partial charge is 0.294 e. The van der Waals surface area contributed by atoms with E-state index in [1.807, 2.05) is 54.7 Å². The Morgan fingerprint density at radius 1 is 1.19 bits per heavy atom. The van der Waals surface area contributed by atoms with Crippen molar-refractivity contribution >= 4 is 45.8 Å². The van der Waals surface area contributed by atoms with Crippen LogP contribution in [0.5, 0.6) is 5.75 Å². The highest BCUT2D eigenvalue weighted by molar-refractivity contribution is 8.18. The number of nitrogens with one attached hydrogen (secondary N) is 2. The molecule has 0 radical (unpaired) electrons. The summed E-state index contributed by atoms with van der Waals surface area (Å²) in [6, 6.07) is 15.1. The van der Waals surface area contributed by atoms with E-state index in [0.717, 1.165) is 44.4 Å². The Hall–Kier alpha value is -3.52. The van der Waals surface area contributed by atoms with Crippen LogP contribution >= 0.6 is 11.8 Å². The molecule has 0 spiro atoms. The van der Waals surface area contributed by atoms with Crippen molar-refractivity contribution in [3.8, 4) is 5.75 Å². The molecule has 0 atom stereocenters. The highest BCUT2D eigenvalue weighted by atomic mass is 32.2. The highest BCUT2D eigenvalue weighted by Crippen LogP contribution is 2.32. The zero-order valence-corrected chi connectivity index (χ0v) is 17.7. The Labute approximate surface area is 183 Å². The molecule has 1 fully saturated rings. The zero-order valence-electron chi connectivity index (χ0n) is 16.9. The van der Waals surface area contributed by atoms with Gasteiger partial charge in [0.05, 0.1) is 12.0 Å². The van der Waals surface area contributed by atoms with Gasteiger partial charge in [0.2, 0.25) is 5.91 Å². The topological polar surface area (TPSA) is 91.5 Å². The first-order chi connectivity index (χ1) is 15.0. The summed E-state index contributed by atoms with van der Waals surface area (Å²) in [5.74, 6) is -0.0567. The second-order valence-electron chi connectivity index (χ2n) is 7.00. The number of carbonyl (C=O) groups is 3. The lowest BCUT2D eigenvalue weighted by atomic mass is 10.1. The fourth-order valence-electron chi connectivity index (χ4n) is 3.36. The number of hydrogen-bond acceptors (Lipinski definition) is 5. The first-order valence-corrected chi connectivity index (χ1v) is 10.6. The molecule has 0 aliphatic carbocycles. The summed E-state index contributed by atoms with van der Waals surface area (Å²) in [6.45, 7) is 0.0948.